The van der Waals surface area contributed by atoms with Gasteiger partial charge in [0.05, 0.1) is 12.5 Å². The summed E-state index contributed by atoms with van der Waals surface area (Å²) >= 11 is 1.60. The van der Waals surface area contributed by atoms with Gasteiger partial charge in [-0.25, -0.2) is 0 Å². The summed E-state index contributed by atoms with van der Waals surface area (Å²) in [6, 6.07) is 11.5. The lowest BCUT2D eigenvalue weighted by Crippen LogP contribution is -2.33. The minimum atomic E-state index is -0.806. The molecule has 1 fully saturated rings. The molecular weight excluding hydrogens is 274 g/mol. The molecule has 0 aromatic heterocycles. The summed E-state index contributed by atoms with van der Waals surface area (Å²) in [6.45, 7) is 0. The van der Waals surface area contributed by atoms with Crippen LogP contribution in [-0.4, -0.2) is 30.0 Å². The number of fused-ring (bicyclic) bond motifs is 1. The van der Waals surface area contributed by atoms with Crippen LogP contribution in [0.5, 0.6) is 5.75 Å². The van der Waals surface area contributed by atoms with Crippen molar-refractivity contribution in [3.63, 3.8) is 0 Å². The van der Waals surface area contributed by atoms with E-state index in [1.54, 1.807) is 18.9 Å². The van der Waals surface area contributed by atoms with E-state index in [0.717, 1.165) is 22.1 Å². The average Bonchev–Trinajstić information content (AvgIpc) is 2.95. The number of hydrogen-bond donors (Lipinski definition) is 2. The van der Waals surface area contributed by atoms with E-state index in [1.807, 2.05) is 36.4 Å². The lowest BCUT2D eigenvalue weighted by atomic mass is 10.0. The molecule has 5 heteroatoms. The predicted molar refractivity (Wildman–Crippen MR) is 80.3 cm³/mol. The number of carboxylic acids is 1. The van der Waals surface area contributed by atoms with Crippen molar-refractivity contribution in [2.75, 3.05) is 12.9 Å². The first kappa shape index (κ1) is 13.3. The van der Waals surface area contributed by atoms with E-state index in [4.69, 9.17) is 9.84 Å². The SMILES string of the molecule is COc1ccc2ccccc2c1C1N[C@@H](C(=O)O)CS1. The Labute approximate surface area is 121 Å². The Hall–Kier alpha value is -1.72. The number of hydrogen-bond acceptors (Lipinski definition) is 4. The highest BCUT2D eigenvalue weighted by Gasteiger charge is 2.32. The van der Waals surface area contributed by atoms with Crippen molar-refractivity contribution in [1.82, 2.24) is 5.32 Å². The van der Waals surface area contributed by atoms with Gasteiger partial charge >= 0.3 is 5.97 Å². The van der Waals surface area contributed by atoms with Crippen molar-refractivity contribution in [1.29, 1.82) is 0 Å². The van der Waals surface area contributed by atoms with Crippen LogP contribution in [-0.2, 0) is 4.79 Å². The van der Waals surface area contributed by atoms with Crippen molar-refractivity contribution in [3.8, 4) is 5.75 Å². The lowest BCUT2D eigenvalue weighted by Gasteiger charge is -2.18. The molecule has 0 aliphatic carbocycles. The number of thioether (sulfide) groups is 1. The van der Waals surface area contributed by atoms with Gasteiger partial charge in [0.15, 0.2) is 0 Å². The van der Waals surface area contributed by atoms with Gasteiger partial charge in [-0.15, -0.1) is 11.8 Å². The summed E-state index contributed by atoms with van der Waals surface area (Å²) in [6.07, 6.45) is 0. The van der Waals surface area contributed by atoms with Gasteiger partial charge in [-0.3, -0.25) is 10.1 Å². The fourth-order valence-corrected chi connectivity index (χ4v) is 3.80. The largest absolute Gasteiger partial charge is 0.496 e. The first-order chi connectivity index (χ1) is 9.70. The standard InChI is InChI=1S/C15H15NO3S/c1-19-12-7-6-9-4-2-3-5-10(9)13(12)14-16-11(8-20-14)15(17)18/h2-7,11,14,16H,8H2,1H3,(H,17,18)/t11-,14?/m1/s1. The Balaban J connectivity index is 2.08. The molecule has 2 aromatic rings. The highest BCUT2D eigenvalue weighted by atomic mass is 32.2. The lowest BCUT2D eigenvalue weighted by molar-refractivity contribution is -0.138. The molecule has 0 saturated carbocycles. The molecular formula is C15H15NO3S. The maximum Gasteiger partial charge on any atom is 0.321 e. The molecule has 2 aromatic carbocycles. The molecule has 104 valence electrons. The van der Waals surface area contributed by atoms with Gasteiger partial charge in [-0.1, -0.05) is 30.3 Å². The molecule has 4 nitrogen and oxygen atoms in total. The van der Waals surface area contributed by atoms with Gasteiger partial charge < -0.3 is 9.84 Å². The van der Waals surface area contributed by atoms with E-state index in [0.29, 0.717) is 5.75 Å². The summed E-state index contributed by atoms with van der Waals surface area (Å²) < 4.78 is 5.46. The third-order valence-electron chi connectivity index (χ3n) is 3.49. The molecule has 0 amide bonds. The van der Waals surface area contributed by atoms with Gasteiger partial charge in [0.25, 0.3) is 0 Å². The third-order valence-corrected chi connectivity index (χ3v) is 4.72. The number of rotatable bonds is 3. The highest BCUT2D eigenvalue weighted by molar-refractivity contribution is 7.99. The Bertz CT molecular complexity index is 659. The molecule has 20 heavy (non-hydrogen) atoms. The Morgan fingerprint density at radius 2 is 2.15 bits per heavy atom. The molecule has 1 unspecified atom stereocenters. The van der Waals surface area contributed by atoms with Crippen LogP contribution in [0.25, 0.3) is 10.8 Å². The molecule has 0 spiro atoms. The van der Waals surface area contributed by atoms with Gasteiger partial charge in [-0.2, -0.15) is 0 Å². The van der Waals surface area contributed by atoms with E-state index in [9.17, 15) is 4.79 Å². The van der Waals surface area contributed by atoms with Gasteiger partial charge in [0, 0.05) is 11.3 Å². The molecule has 1 aliphatic heterocycles. The maximum atomic E-state index is 11.1. The number of carbonyl (C=O) groups is 1. The topological polar surface area (TPSA) is 58.6 Å². The molecule has 3 rings (SSSR count). The summed E-state index contributed by atoms with van der Waals surface area (Å²) in [5.41, 5.74) is 1.03. The van der Waals surface area contributed by atoms with Crippen molar-refractivity contribution in [2.24, 2.45) is 0 Å². The van der Waals surface area contributed by atoms with Crippen LogP contribution < -0.4 is 10.1 Å². The van der Waals surface area contributed by atoms with Crippen molar-refractivity contribution in [2.45, 2.75) is 11.4 Å². The average molecular weight is 289 g/mol. The molecule has 1 saturated heterocycles. The van der Waals surface area contributed by atoms with E-state index < -0.39 is 12.0 Å². The molecule has 1 heterocycles. The van der Waals surface area contributed by atoms with E-state index in [1.165, 1.54) is 0 Å². The van der Waals surface area contributed by atoms with Crippen molar-refractivity contribution >= 4 is 28.5 Å². The predicted octanol–water partition coefficient (Wildman–Crippen LogP) is 2.64. The van der Waals surface area contributed by atoms with Crippen LogP contribution in [0.15, 0.2) is 36.4 Å². The Morgan fingerprint density at radius 3 is 2.85 bits per heavy atom. The summed E-state index contributed by atoms with van der Waals surface area (Å²) in [5, 5.41) is 14.4. The van der Waals surface area contributed by atoms with E-state index in [-0.39, 0.29) is 5.37 Å². The quantitative estimate of drug-likeness (QED) is 0.909. The van der Waals surface area contributed by atoms with Gasteiger partial charge in [-0.05, 0) is 16.8 Å². The van der Waals surface area contributed by atoms with Crippen LogP contribution >= 0.6 is 11.8 Å². The third kappa shape index (κ3) is 2.23. The summed E-state index contributed by atoms with van der Waals surface area (Å²) in [5.74, 6) is 0.547. The van der Waals surface area contributed by atoms with Crippen molar-refractivity contribution < 1.29 is 14.6 Å². The van der Waals surface area contributed by atoms with Gasteiger partial charge in [0.2, 0.25) is 0 Å². The zero-order valence-corrected chi connectivity index (χ0v) is 11.8. The molecule has 0 bridgehead atoms. The van der Waals surface area contributed by atoms with Crippen LogP contribution in [0.2, 0.25) is 0 Å². The fraction of sp³-hybridized carbons (Fsp3) is 0.267. The number of nitrogens with one attached hydrogen (secondary N) is 1. The fourth-order valence-electron chi connectivity index (χ4n) is 2.50. The molecule has 2 atom stereocenters. The monoisotopic (exact) mass is 289 g/mol. The number of ether oxygens (including phenoxy) is 1. The second-order valence-electron chi connectivity index (χ2n) is 4.67. The van der Waals surface area contributed by atoms with Crippen LogP contribution in [0.1, 0.15) is 10.9 Å². The number of carboxylic acid groups (broad SMARTS) is 1. The van der Waals surface area contributed by atoms with Crippen molar-refractivity contribution in [3.05, 3.63) is 42.0 Å². The Kier molecular flexibility index (Phi) is 3.54. The van der Waals surface area contributed by atoms with E-state index >= 15 is 0 Å². The summed E-state index contributed by atoms with van der Waals surface area (Å²) in [7, 11) is 1.64. The zero-order valence-electron chi connectivity index (χ0n) is 11.0. The zero-order chi connectivity index (χ0) is 14.1. The maximum absolute atomic E-state index is 11.1. The minimum absolute atomic E-state index is 0.0582. The number of methoxy groups -OCH3 is 1. The van der Waals surface area contributed by atoms with Crippen LogP contribution in [0.3, 0.4) is 0 Å². The number of aliphatic carboxylic acids is 1. The van der Waals surface area contributed by atoms with Crippen LogP contribution in [0, 0.1) is 0 Å². The second-order valence-corrected chi connectivity index (χ2v) is 5.81. The first-order valence-electron chi connectivity index (χ1n) is 6.37. The minimum Gasteiger partial charge on any atom is -0.496 e. The van der Waals surface area contributed by atoms with Crippen LogP contribution in [0.4, 0.5) is 0 Å². The Morgan fingerprint density at radius 1 is 1.35 bits per heavy atom. The normalized spacial score (nSPS) is 22.1. The molecule has 1 aliphatic rings. The first-order valence-corrected chi connectivity index (χ1v) is 7.41. The van der Waals surface area contributed by atoms with Gasteiger partial charge in [0.1, 0.15) is 11.8 Å². The highest BCUT2D eigenvalue weighted by Crippen LogP contribution is 2.41. The summed E-state index contributed by atoms with van der Waals surface area (Å²) in [4.78, 5) is 11.1. The van der Waals surface area contributed by atoms with E-state index in [2.05, 4.69) is 5.32 Å². The second kappa shape index (κ2) is 5.34. The molecule has 0 radical (unpaired) electrons. The number of benzene rings is 2. The smallest absolute Gasteiger partial charge is 0.321 e. The molecule has 2 N–H and O–H groups in total.